The van der Waals surface area contributed by atoms with E-state index in [1.807, 2.05) is 45.0 Å². The molecule has 1 amide bonds. The monoisotopic (exact) mass is 258 g/mol. The molecular formula is C16H22N2O. The van der Waals surface area contributed by atoms with Crippen molar-refractivity contribution in [1.82, 2.24) is 0 Å². The molecule has 3 nitrogen and oxygen atoms in total. The third-order valence-corrected chi connectivity index (χ3v) is 2.61. The zero-order valence-corrected chi connectivity index (χ0v) is 12.1. The average molecular weight is 258 g/mol. The number of rotatable bonds is 5. The molecule has 0 aliphatic rings. The number of nitrogens with zero attached hydrogens (tertiary/aromatic N) is 1. The number of amides is 1. The first-order chi connectivity index (χ1) is 9.06. The van der Waals surface area contributed by atoms with Gasteiger partial charge >= 0.3 is 0 Å². The van der Waals surface area contributed by atoms with Crippen molar-refractivity contribution < 1.29 is 4.79 Å². The number of benzene rings is 1. The fourth-order valence-electron chi connectivity index (χ4n) is 1.56. The summed E-state index contributed by atoms with van der Waals surface area (Å²) >= 11 is 0. The summed E-state index contributed by atoms with van der Waals surface area (Å²) in [7, 11) is 0. The van der Waals surface area contributed by atoms with Gasteiger partial charge in [-0.3, -0.25) is 9.79 Å². The predicted molar refractivity (Wildman–Crippen MR) is 81.5 cm³/mol. The van der Waals surface area contributed by atoms with Gasteiger partial charge in [-0.15, -0.1) is 0 Å². The maximum atomic E-state index is 12.1. The van der Waals surface area contributed by atoms with Gasteiger partial charge < -0.3 is 5.32 Å². The molecule has 0 aliphatic carbocycles. The number of hydrogen-bond donors (Lipinski definition) is 1. The second kappa shape index (κ2) is 7.52. The van der Waals surface area contributed by atoms with E-state index in [1.54, 1.807) is 12.3 Å². The molecule has 1 rings (SSSR count). The Morgan fingerprint density at radius 3 is 2.74 bits per heavy atom. The Kier molecular flexibility index (Phi) is 6.00. The highest BCUT2D eigenvalue weighted by molar-refractivity contribution is 6.04. The molecule has 0 spiro atoms. The first-order valence-electron chi connectivity index (χ1n) is 6.67. The van der Waals surface area contributed by atoms with E-state index in [0.717, 1.165) is 12.1 Å². The van der Waals surface area contributed by atoms with Crippen LogP contribution in [0.1, 0.15) is 33.3 Å². The molecule has 0 saturated heterocycles. The van der Waals surface area contributed by atoms with Crippen molar-refractivity contribution in [2.24, 2.45) is 10.9 Å². The molecule has 0 fully saturated rings. The Labute approximate surface area is 115 Å². The molecule has 102 valence electrons. The number of carbonyl (C=O) groups is 1. The van der Waals surface area contributed by atoms with Crippen LogP contribution in [0.5, 0.6) is 0 Å². The highest BCUT2D eigenvalue weighted by atomic mass is 16.2. The number of carbonyl (C=O) groups excluding carboxylic acids is 1. The van der Waals surface area contributed by atoms with Crippen molar-refractivity contribution in [3.05, 3.63) is 41.6 Å². The zero-order valence-electron chi connectivity index (χ0n) is 12.1. The van der Waals surface area contributed by atoms with Gasteiger partial charge in [-0.2, -0.15) is 0 Å². The van der Waals surface area contributed by atoms with E-state index in [4.69, 9.17) is 0 Å². The lowest BCUT2D eigenvalue weighted by atomic mass is 10.1. The molecule has 3 heteroatoms. The van der Waals surface area contributed by atoms with Gasteiger partial charge in [0, 0.05) is 11.9 Å². The normalized spacial score (nSPS) is 12.2. The van der Waals surface area contributed by atoms with Crippen molar-refractivity contribution in [2.75, 3.05) is 5.32 Å². The van der Waals surface area contributed by atoms with Gasteiger partial charge in [-0.05, 0) is 37.0 Å². The summed E-state index contributed by atoms with van der Waals surface area (Å²) in [6, 6.07) is 7.86. The third kappa shape index (κ3) is 5.08. The maximum absolute atomic E-state index is 12.1. The van der Waals surface area contributed by atoms with E-state index in [9.17, 15) is 4.79 Å². The Morgan fingerprint density at radius 2 is 2.16 bits per heavy atom. The second-order valence-electron chi connectivity index (χ2n) is 4.70. The molecular weight excluding hydrogens is 236 g/mol. The number of anilines is 1. The maximum Gasteiger partial charge on any atom is 0.273 e. The highest BCUT2D eigenvalue weighted by Gasteiger charge is 2.07. The van der Waals surface area contributed by atoms with Gasteiger partial charge in [-0.1, -0.05) is 39.0 Å². The first kappa shape index (κ1) is 15.2. The lowest BCUT2D eigenvalue weighted by molar-refractivity contribution is -0.112. The van der Waals surface area contributed by atoms with Crippen molar-refractivity contribution in [3.63, 3.8) is 0 Å². The van der Waals surface area contributed by atoms with Gasteiger partial charge in [0.15, 0.2) is 0 Å². The SMILES string of the molecule is C/C=C(\N=C/C(C)C)C(=O)Nc1cccc(CC)c1. The molecule has 0 bridgehead atoms. The second-order valence-corrected chi connectivity index (χ2v) is 4.70. The Bertz CT molecular complexity index is 487. The molecule has 0 radical (unpaired) electrons. The number of allylic oxidation sites excluding steroid dienone is 1. The standard InChI is InChI=1S/C16H22N2O/c1-5-13-8-7-9-14(10-13)18-16(19)15(6-2)17-11-12(3)4/h6-12H,5H2,1-4H3,(H,18,19)/b15-6-,17-11-. The summed E-state index contributed by atoms with van der Waals surface area (Å²) < 4.78 is 0. The van der Waals surface area contributed by atoms with Crippen molar-refractivity contribution in [2.45, 2.75) is 34.1 Å². The van der Waals surface area contributed by atoms with Crippen LogP contribution in [0.15, 0.2) is 41.0 Å². The van der Waals surface area contributed by atoms with Gasteiger partial charge in [0.1, 0.15) is 5.70 Å². The number of nitrogens with one attached hydrogen (secondary N) is 1. The number of hydrogen-bond acceptors (Lipinski definition) is 2. The Morgan fingerprint density at radius 1 is 1.42 bits per heavy atom. The minimum atomic E-state index is -0.173. The van der Waals surface area contributed by atoms with Crippen LogP contribution in [0.3, 0.4) is 0 Å². The van der Waals surface area contributed by atoms with Crippen LogP contribution in [0, 0.1) is 5.92 Å². The smallest absolute Gasteiger partial charge is 0.273 e. The minimum Gasteiger partial charge on any atom is -0.321 e. The fraction of sp³-hybridized carbons (Fsp3) is 0.375. The quantitative estimate of drug-likeness (QED) is 0.633. The molecule has 0 atom stereocenters. The lowest BCUT2D eigenvalue weighted by Gasteiger charge is -2.07. The Hall–Kier alpha value is -1.90. The first-order valence-corrected chi connectivity index (χ1v) is 6.67. The van der Waals surface area contributed by atoms with E-state index in [2.05, 4.69) is 17.2 Å². The molecule has 0 saturated carbocycles. The van der Waals surface area contributed by atoms with Crippen LogP contribution in [0.4, 0.5) is 5.69 Å². The van der Waals surface area contributed by atoms with Crippen LogP contribution < -0.4 is 5.32 Å². The molecule has 0 unspecified atom stereocenters. The van der Waals surface area contributed by atoms with Gasteiger partial charge in [0.25, 0.3) is 5.91 Å². The summed E-state index contributed by atoms with van der Waals surface area (Å²) in [5.74, 6) is 0.152. The van der Waals surface area contributed by atoms with Gasteiger partial charge in [0.05, 0.1) is 0 Å². The molecule has 1 aromatic carbocycles. The summed E-state index contributed by atoms with van der Waals surface area (Å²) in [5, 5.41) is 2.87. The molecule has 0 aliphatic heterocycles. The van der Waals surface area contributed by atoms with Crippen LogP contribution in [-0.4, -0.2) is 12.1 Å². The van der Waals surface area contributed by atoms with Gasteiger partial charge in [-0.25, -0.2) is 0 Å². The van der Waals surface area contributed by atoms with Crippen LogP contribution in [0.2, 0.25) is 0 Å². The molecule has 19 heavy (non-hydrogen) atoms. The third-order valence-electron chi connectivity index (χ3n) is 2.61. The van der Waals surface area contributed by atoms with Gasteiger partial charge in [0.2, 0.25) is 0 Å². The highest BCUT2D eigenvalue weighted by Crippen LogP contribution is 2.12. The van der Waals surface area contributed by atoms with Crippen molar-refractivity contribution >= 4 is 17.8 Å². The predicted octanol–water partition coefficient (Wildman–Crippen LogP) is 3.82. The largest absolute Gasteiger partial charge is 0.321 e. The lowest BCUT2D eigenvalue weighted by Crippen LogP contribution is -2.13. The van der Waals surface area contributed by atoms with Crippen LogP contribution >= 0.6 is 0 Å². The van der Waals surface area contributed by atoms with E-state index in [0.29, 0.717) is 11.6 Å². The van der Waals surface area contributed by atoms with Crippen molar-refractivity contribution in [3.8, 4) is 0 Å². The zero-order chi connectivity index (χ0) is 14.3. The minimum absolute atomic E-state index is 0.173. The number of aliphatic imine (C=N–C) groups is 1. The number of aryl methyl sites for hydroxylation is 1. The van der Waals surface area contributed by atoms with Crippen LogP contribution in [0.25, 0.3) is 0 Å². The molecule has 1 N–H and O–H groups in total. The topological polar surface area (TPSA) is 41.5 Å². The molecule has 1 aromatic rings. The van der Waals surface area contributed by atoms with E-state index in [-0.39, 0.29) is 5.91 Å². The summed E-state index contributed by atoms with van der Waals surface area (Å²) in [5.41, 5.74) is 2.45. The van der Waals surface area contributed by atoms with E-state index in [1.165, 1.54) is 5.56 Å². The van der Waals surface area contributed by atoms with Crippen molar-refractivity contribution in [1.29, 1.82) is 0 Å². The summed E-state index contributed by atoms with van der Waals surface area (Å²) in [6.45, 7) is 7.96. The molecule has 0 heterocycles. The average Bonchev–Trinajstić information content (AvgIpc) is 2.39. The fourth-order valence-corrected chi connectivity index (χ4v) is 1.56. The van der Waals surface area contributed by atoms with E-state index < -0.39 is 0 Å². The van der Waals surface area contributed by atoms with Crippen LogP contribution in [-0.2, 0) is 11.2 Å². The van der Waals surface area contributed by atoms with E-state index >= 15 is 0 Å². The Balaban J connectivity index is 2.77. The summed E-state index contributed by atoms with van der Waals surface area (Å²) in [6.07, 6.45) is 4.45. The molecule has 0 aromatic heterocycles. The summed E-state index contributed by atoms with van der Waals surface area (Å²) in [4.78, 5) is 16.3.